The number of nitrogens with one attached hydrogen (secondary N) is 1. The van der Waals surface area contributed by atoms with Gasteiger partial charge < -0.3 is 15.0 Å². The van der Waals surface area contributed by atoms with Crippen LogP contribution in [-0.2, 0) is 15.7 Å². The van der Waals surface area contributed by atoms with Crippen molar-refractivity contribution in [2.75, 3.05) is 36.5 Å². The van der Waals surface area contributed by atoms with Gasteiger partial charge in [0.25, 0.3) is 0 Å². The molecule has 0 unspecified atom stereocenters. The summed E-state index contributed by atoms with van der Waals surface area (Å²) in [6.45, 7) is 2.93. The van der Waals surface area contributed by atoms with Crippen molar-refractivity contribution in [3.63, 3.8) is 0 Å². The molecule has 0 radical (unpaired) electrons. The molecule has 2 heterocycles. The molecule has 5 nitrogen and oxygen atoms in total. The molecule has 0 aliphatic carbocycles. The number of fused-ring (bicyclic) bond motifs is 1. The maximum Gasteiger partial charge on any atom is 0.416 e. The summed E-state index contributed by atoms with van der Waals surface area (Å²) >= 11 is 0. The van der Waals surface area contributed by atoms with Crippen LogP contribution in [0.3, 0.4) is 0 Å². The number of allylic oxidation sites excluding steroid dienone is 2. The fraction of sp³-hybridized carbons (Fsp3) is 0.161. The normalized spacial score (nSPS) is 14.6. The minimum atomic E-state index is -4.42. The van der Waals surface area contributed by atoms with Gasteiger partial charge in [-0.15, -0.1) is 0 Å². The first-order chi connectivity index (χ1) is 18.9. The molecule has 1 fully saturated rings. The Hall–Kier alpha value is -4.43. The molecule has 39 heavy (non-hydrogen) atoms. The number of hydrogen-bond acceptors (Lipinski definition) is 4. The van der Waals surface area contributed by atoms with Crippen molar-refractivity contribution in [3.8, 4) is 0 Å². The first kappa shape index (κ1) is 26.2. The molecule has 198 valence electrons. The molecule has 1 aliphatic heterocycles. The molecule has 1 amide bonds. The highest BCUT2D eigenvalue weighted by Gasteiger charge is 2.30. The van der Waals surface area contributed by atoms with Gasteiger partial charge in [0.1, 0.15) is 0 Å². The Morgan fingerprint density at radius 2 is 1.62 bits per heavy atom. The number of aromatic nitrogens is 1. The van der Waals surface area contributed by atoms with Gasteiger partial charge in [-0.3, -0.25) is 9.78 Å². The molecule has 8 heteroatoms. The number of halogens is 3. The van der Waals surface area contributed by atoms with Crippen molar-refractivity contribution in [1.82, 2.24) is 4.98 Å². The summed E-state index contributed by atoms with van der Waals surface area (Å²) in [5.41, 5.74) is 3.11. The molecular weight excluding hydrogens is 503 g/mol. The highest BCUT2D eigenvalue weighted by Crippen LogP contribution is 2.32. The average molecular weight is 530 g/mol. The monoisotopic (exact) mass is 529 g/mol. The van der Waals surface area contributed by atoms with E-state index >= 15 is 0 Å². The topological polar surface area (TPSA) is 54.5 Å². The number of pyridine rings is 1. The van der Waals surface area contributed by atoms with Gasteiger partial charge in [-0.05, 0) is 53.1 Å². The SMILES string of the molecule is O=C(C=CC=C(c1ccc(N2CCOCC2)cc1)c1ccc(C(F)(F)F)cc1)Nc1cccc2cnccc12. The number of rotatable bonds is 6. The maximum absolute atomic E-state index is 13.1. The van der Waals surface area contributed by atoms with Crippen molar-refractivity contribution in [3.05, 3.63) is 120 Å². The molecule has 3 aromatic carbocycles. The molecule has 0 spiro atoms. The number of amides is 1. The van der Waals surface area contributed by atoms with Crippen LogP contribution in [0.4, 0.5) is 24.5 Å². The number of carbonyl (C=O) groups is 1. The minimum absolute atomic E-state index is 0.329. The Kier molecular flexibility index (Phi) is 7.74. The minimum Gasteiger partial charge on any atom is -0.378 e. The maximum atomic E-state index is 13.1. The van der Waals surface area contributed by atoms with E-state index in [1.807, 2.05) is 48.5 Å². The van der Waals surface area contributed by atoms with Gasteiger partial charge in [0.15, 0.2) is 0 Å². The molecule has 5 rings (SSSR count). The second kappa shape index (κ2) is 11.5. The Labute approximate surface area is 224 Å². The first-order valence-electron chi connectivity index (χ1n) is 12.5. The highest BCUT2D eigenvalue weighted by molar-refractivity contribution is 6.06. The standard InChI is InChI=1S/C31H26F3N3O2/c32-31(33,34)25-11-7-22(8-12-25)27(23-9-13-26(14-10-23)37-17-19-39-20-18-37)4-2-6-30(38)36-29-5-1-3-24-21-35-16-15-28(24)29/h1-16,21H,17-20H2,(H,36,38). The first-order valence-corrected chi connectivity index (χ1v) is 12.5. The van der Waals surface area contributed by atoms with Crippen LogP contribution < -0.4 is 10.2 Å². The van der Waals surface area contributed by atoms with Crippen LogP contribution in [0.2, 0.25) is 0 Å². The van der Waals surface area contributed by atoms with Crippen LogP contribution in [0.1, 0.15) is 16.7 Å². The van der Waals surface area contributed by atoms with Crippen molar-refractivity contribution >= 4 is 33.6 Å². The van der Waals surface area contributed by atoms with Gasteiger partial charge in [-0.1, -0.05) is 48.6 Å². The zero-order chi connectivity index (χ0) is 27.2. The Bertz CT molecular complexity index is 1500. The van der Waals surface area contributed by atoms with E-state index < -0.39 is 11.7 Å². The van der Waals surface area contributed by atoms with E-state index in [0.717, 1.165) is 47.2 Å². The van der Waals surface area contributed by atoms with Crippen LogP contribution in [-0.4, -0.2) is 37.2 Å². The summed E-state index contributed by atoms with van der Waals surface area (Å²) in [4.78, 5) is 19.0. The lowest BCUT2D eigenvalue weighted by atomic mass is 9.96. The van der Waals surface area contributed by atoms with E-state index in [0.29, 0.717) is 30.0 Å². The largest absolute Gasteiger partial charge is 0.416 e. The van der Waals surface area contributed by atoms with Crippen LogP contribution >= 0.6 is 0 Å². The number of morpholine rings is 1. The molecule has 1 aliphatic rings. The number of hydrogen-bond donors (Lipinski definition) is 1. The summed E-state index contributed by atoms with van der Waals surface area (Å²) in [5.74, 6) is -0.329. The van der Waals surface area contributed by atoms with Crippen molar-refractivity contribution < 1.29 is 22.7 Å². The second-order valence-electron chi connectivity index (χ2n) is 9.05. The number of anilines is 2. The summed E-state index contributed by atoms with van der Waals surface area (Å²) in [5, 5.41) is 4.66. The van der Waals surface area contributed by atoms with Crippen LogP contribution in [0.25, 0.3) is 16.3 Å². The third-order valence-electron chi connectivity index (χ3n) is 6.53. The van der Waals surface area contributed by atoms with Crippen LogP contribution in [0, 0.1) is 0 Å². The Balaban J connectivity index is 1.41. The van der Waals surface area contributed by atoms with Crippen LogP contribution in [0.5, 0.6) is 0 Å². The molecule has 0 bridgehead atoms. The zero-order valence-corrected chi connectivity index (χ0v) is 21.0. The average Bonchev–Trinajstić information content (AvgIpc) is 2.96. The van der Waals surface area contributed by atoms with Crippen LogP contribution in [0.15, 0.2) is 103 Å². The summed E-state index contributed by atoms with van der Waals surface area (Å²) in [7, 11) is 0. The number of nitrogens with zero attached hydrogens (tertiary/aromatic N) is 2. The smallest absolute Gasteiger partial charge is 0.378 e. The highest BCUT2D eigenvalue weighted by atomic mass is 19.4. The summed E-state index contributed by atoms with van der Waals surface area (Å²) in [6, 6.07) is 20.3. The number of benzene rings is 3. The molecule has 1 aromatic heterocycles. The Morgan fingerprint density at radius 1 is 0.923 bits per heavy atom. The predicted molar refractivity (Wildman–Crippen MR) is 148 cm³/mol. The predicted octanol–water partition coefficient (Wildman–Crippen LogP) is 6.72. The summed E-state index contributed by atoms with van der Waals surface area (Å²) in [6.07, 6.45) is 3.70. The third-order valence-corrected chi connectivity index (χ3v) is 6.53. The van der Waals surface area contributed by atoms with Crippen molar-refractivity contribution in [1.29, 1.82) is 0 Å². The molecule has 0 saturated carbocycles. The second-order valence-corrected chi connectivity index (χ2v) is 9.05. The van der Waals surface area contributed by atoms with Gasteiger partial charge >= 0.3 is 6.18 Å². The summed E-state index contributed by atoms with van der Waals surface area (Å²) < 4.78 is 44.9. The molecular formula is C31H26F3N3O2. The molecule has 1 saturated heterocycles. The van der Waals surface area contributed by atoms with E-state index in [4.69, 9.17) is 4.74 Å². The van der Waals surface area contributed by atoms with E-state index in [2.05, 4.69) is 15.2 Å². The fourth-order valence-corrected chi connectivity index (χ4v) is 4.51. The molecule has 1 N–H and O–H groups in total. The van der Waals surface area contributed by atoms with Crippen molar-refractivity contribution in [2.45, 2.75) is 6.18 Å². The molecule has 4 aromatic rings. The van der Waals surface area contributed by atoms with Gasteiger partial charge in [-0.2, -0.15) is 13.2 Å². The number of alkyl halides is 3. The lowest BCUT2D eigenvalue weighted by Crippen LogP contribution is -2.36. The Morgan fingerprint density at radius 3 is 2.31 bits per heavy atom. The lowest BCUT2D eigenvalue weighted by Gasteiger charge is -2.29. The number of carbonyl (C=O) groups excluding carboxylic acids is 1. The van der Waals surface area contributed by atoms with Crippen molar-refractivity contribution in [2.24, 2.45) is 0 Å². The quantitative estimate of drug-likeness (QED) is 0.223. The third kappa shape index (κ3) is 6.35. The van der Waals surface area contributed by atoms with Gasteiger partial charge in [0.2, 0.25) is 5.91 Å². The number of ether oxygens (including phenoxy) is 1. The van der Waals surface area contributed by atoms with E-state index in [-0.39, 0.29) is 5.91 Å². The van der Waals surface area contributed by atoms with Gasteiger partial charge in [0.05, 0.1) is 18.8 Å². The fourth-order valence-electron chi connectivity index (χ4n) is 4.51. The van der Waals surface area contributed by atoms with E-state index in [1.54, 1.807) is 24.5 Å². The zero-order valence-electron chi connectivity index (χ0n) is 21.0. The van der Waals surface area contributed by atoms with Gasteiger partial charge in [-0.25, -0.2) is 0 Å². The lowest BCUT2D eigenvalue weighted by molar-refractivity contribution is -0.137. The van der Waals surface area contributed by atoms with E-state index in [1.165, 1.54) is 18.2 Å². The molecule has 0 atom stereocenters. The van der Waals surface area contributed by atoms with Gasteiger partial charge in [0, 0.05) is 53.7 Å². The van der Waals surface area contributed by atoms with E-state index in [9.17, 15) is 18.0 Å².